The van der Waals surface area contributed by atoms with Gasteiger partial charge < -0.3 is 8.92 Å². The summed E-state index contributed by atoms with van der Waals surface area (Å²) in [5.74, 6) is -0.460. The molecule has 1 rings (SSSR count). The lowest BCUT2D eigenvalue weighted by atomic mass is 10.2. The molecule has 5 nitrogen and oxygen atoms in total. The van der Waals surface area contributed by atoms with E-state index in [0.717, 1.165) is 6.26 Å². The summed E-state index contributed by atoms with van der Waals surface area (Å²) in [4.78, 5) is 10.9. The van der Waals surface area contributed by atoms with Crippen LogP contribution in [0.15, 0.2) is 11.3 Å². The van der Waals surface area contributed by atoms with Crippen LogP contribution >= 0.6 is 0 Å². The second kappa shape index (κ2) is 3.02. The van der Waals surface area contributed by atoms with Gasteiger partial charge in [0.2, 0.25) is 0 Å². The van der Waals surface area contributed by atoms with Gasteiger partial charge in [-0.3, -0.25) is 0 Å². The van der Waals surface area contributed by atoms with E-state index in [2.05, 4.69) is 4.18 Å². The highest BCUT2D eigenvalue weighted by atomic mass is 32.2. The van der Waals surface area contributed by atoms with Gasteiger partial charge in [0.05, 0.1) is 11.8 Å². The van der Waals surface area contributed by atoms with Gasteiger partial charge >= 0.3 is 16.1 Å². The standard InChI is InChI=1S/C7H10O5S/c1-4-6(12-13(3,9)10)5(2)11-7(4)8/h5H,1-3H3. The lowest BCUT2D eigenvalue weighted by Gasteiger charge is -2.07. The van der Waals surface area contributed by atoms with E-state index in [1.54, 1.807) is 6.92 Å². The van der Waals surface area contributed by atoms with Crippen LogP contribution in [0.25, 0.3) is 0 Å². The molecule has 0 spiro atoms. The number of carbonyl (C=O) groups excluding carboxylic acids is 1. The predicted molar refractivity (Wildman–Crippen MR) is 44.2 cm³/mol. The third kappa shape index (κ3) is 2.21. The van der Waals surface area contributed by atoms with Crippen molar-refractivity contribution in [3.05, 3.63) is 11.3 Å². The smallest absolute Gasteiger partial charge is 0.338 e. The SMILES string of the molecule is CC1=C(OS(C)(=O)=O)C(C)OC1=O. The quantitative estimate of drug-likeness (QED) is 0.476. The number of carbonyl (C=O) groups is 1. The molecule has 1 aliphatic heterocycles. The maximum absolute atomic E-state index is 10.9. The summed E-state index contributed by atoms with van der Waals surface area (Å²) in [5.41, 5.74) is 0.206. The Balaban J connectivity index is 2.97. The first kappa shape index (κ1) is 10.0. The third-order valence-electron chi connectivity index (χ3n) is 1.57. The molecule has 0 N–H and O–H groups in total. The van der Waals surface area contributed by atoms with Crippen LogP contribution in [-0.2, 0) is 23.8 Å². The Morgan fingerprint density at radius 3 is 2.31 bits per heavy atom. The zero-order valence-electron chi connectivity index (χ0n) is 7.53. The maximum Gasteiger partial charge on any atom is 0.338 e. The molecule has 0 saturated heterocycles. The van der Waals surface area contributed by atoms with Crippen LogP contribution in [0.3, 0.4) is 0 Å². The number of rotatable bonds is 2. The number of hydrogen-bond donors (Lipinski definition) is 0. The molecular weight excluding hydrogens is 196 g/mol. The Hall–Kier alpha value is -1.04. The molecule has 0 aromatic heterocycles. The van der Waals surface area contributed by atoms with Gasteiger partial charge in [0.15, 0.2) is 11.9 Å². The average molecular weight is 206 g/mol. The molecule has 0 radical (unpaired) electrons. The van der Waals surface area contributed by atoms with Crippen LogP contribution in [0.5, 0.6) is 0 Å². The predicted octanol–water partition coefficient (Wildman–Crippen LogP) is 0.182. The lowest BCUT2D eigenvalue weighted by molar-refractivity contribution is -0.139. The Kier molecular flexibility index (Phi) is 2.34. The van der Waals surface area contributed by atoms with Crippen molar-refractivity contribution in [3.8, 4) is 0 Å². The van der Waals surface area contributed by atoms with E-state index in [4.69, 9.17) is 4.74 Å². The molecular formula is C7H10O5S. The van der Waals surface area contributed by atoms with Gasteiger partial charge in [-0.15, -0.1) is 0 Å². The van der Waals surface area contributed by atoms with Crippen molar-refractivity contribution in [2.45, 2.75) is 20.0 Å². The number of cyclic esters (lactones) is 1. The molecule has 74 valence electrons. The Bertz CT molecular complexity index is 364. The third-order valence-corrected chi connectivity index (χ3v) is 2.05. The number of esters is 1. The molecule has 0 aliphatic carbocycles. The molecule has 1 aliphatic rings. The van der Waals surface area contributed by atoms with Gasteiger partial charge in [-0.05, 0) is 13.8 Å². The summed E-state index contributed by atoms with van der Waals surface area (Å²) in [6.45, 7) is 3.02. The highest BCUT2D eigenvalue weighted by Crippen LogP contribution is 2.24. The zero-order valence-corrected chi connectivity index (χ0v) is 8.34. The largest absolute Gasteiger partial charge is 0.451 e. The molecule has 6 heteroatoms. The van der Waals surface area contributed by atoms with Crippen LogP contribution in [-0.4, -0.2) is 26.7 Å². The molecule has 0 aromatic rings. The van der Waals surface area contributed by atoms with Crippen LogP contribution < -0.4 is 0 Å². The molecule has 1 unspecified atom stereocenters. The van der Waals surface area contributed by atoms with Crippen LogP contribution in [0.4, 0.5) is 0 Å². The fraction of sp³-hybridized carbons (Fsp3) is 0.571. The Labute approximate surface area is 76.5 Å². The van der Waals surface area contributed by atoms with Crippen molar-refractivity contribution >= 4 is 16.1 Å². The summed E-state index contributed by atoms with van der Waals surface area (Å²) in [6.07, 6.45) is 0.297. The first-order valence-corrected chi connectivity index (χ1v) is 5.44. The van der Waals surface area contributed by atoms with Crippen molar-refractivity contribution in [1.82, 2.24) is 0 Å². The van der Waals surface area contributed by atoms with E-state index < -0.39 is 22.2 Å². The van der Waals surface area contributed by atoms with Crippen LogP contribution in [0.2, 0.25) is 0 Å². The van der Waals surface area contributed by atoms with Crippen LogP contribution in [0, 0.1) is 0 Å². The maximum atomic E-state index is 10.9. The normalized spacial score (nSPS) is 23.3. The van der Waals surface area contributed by atoms with Gasteiger partial charge in [-0.1, -0.05) is 0 Å². The van der Waals surface area contributed by atoms with E-state index >= 15 is 0 Å². The molecule has 0 saturated carbocycles. The minimum atomic E-state index is -3.59. The molecule has 0 fully saturated rings. The average Bonchev–Trinajstić information content (AvgIpc) is 2.14. The zero-order chi connectivity index (χ0) is 10.2. The van der Waals surface area contributed by atoms with Gasteiger partial charge in [0.1, 0.15) is 0 Å². The van der Waals surface area contributed by atoms with E-state index in [0.29, 0.717) is 0 Å². The first-order valence-electron chi connectivity index (χ1n) is 3.62. The molecule has 0 aromatic carbocycles. The molecule has 13 heavy (non-hydrogen) atoms. The summed E-state index contributed by atoms with van der Waals surface area (Å²) < 4.78 is 30.9. The van der Waals surface area contributed by atoms with E-state index in [9.17, 15) is 13.2 Å². The minimum Gasteiger partial charge on any atom is -0.451 e. The molecule has 1 atom stereocenters. The van der Waals surface area contributed by atoms with Crippen molar-refractivity contribution in [2.75, 3.05) is 6.26 Å². The van der Waals surface area contributed by atoms with Crippen molar-refractivity contribution < 1.29 is 22.1 Å². The van der Waals surface area contributed by atoms with E-state index in [1.807, 2.05) is 0 Å². The first-order chi connectivity index (χ1) is 5.81. The van der Waals surface area contributed by atoms with Gasteiger partial charge in [0.25, 0.3) is 0 Å². The molecule has 0 amide bonds. The molecule has 1 heterocycles. The Morgan fingerprint density at radius 2 is 2.00 bits per heavy atom. The van der Waals surface area contributed by atoms with Crippen molar-refractivity contribution in [3.63, 3.8) is 0 Å². The summed E-state index contributed by atoms with van der Waals surface area (Å²) >= 11 is 0. The van der Waals surface area contributed by atoms with E-state index in [-0.39, 0.29) is 11.3 Å². The Morgan fingerprint density at radius 1 is 1.46 bits per heavy atom. The summed E-state index contributed by atoms with van der Waals surface area (Å²) in [6, 6.07) is 0. The van der Waals surface area contributed by atoms with Crippen molar-refractivity contribution in [2.24, 2.45) is 0 Å². The van der Waals surface area contributed by atoms with Gasteiger partial charge in [0, 0.05) is 0 Å². The molecule has 0 bridgehead atoms. The second-order valence-electron chi connectivity index (χ2n) is 2.82. The second-order valence-corrected chi connectivity index (χ2v) is 4.40. The number of hydrogen-bond acceptors (Lipinski definition) is 5. The highest BCUT2D eigenvalue weighted by molar-refractivity contribution is 7.86. The van der Waals surface area contributed by atoms with E-state index in [1.165, 1.54) is 6.92 Å². The highest BCUT2D eigenvalue weighted by Gasteiger charge is 2.31. The lowest BCUT2D eigenvalue weighted by Crippen LogP contribution is -2.11. The van der Waals surface area contributed by atoms with Crippen molar-refractivity contribution in [1.29, 1.82) is 0 Å². The summed E-state index contributed by atoms with van der Waals surface area (Å²) in [5, 5.41) is 0. The van der Waals surface area contributed by atoms with Crippen LogP contribution in [0.1, 0.15) is 13.8 Å². The topological polar surface area (TPSA) is 69.7 Å². The number of ether oxygens (including phenoxy) is 1. The minimum absolute atomic E-state index is 0.0764. The summed E-state index contributed by atoms with van der Waals surface area (Å²) in [7, 11) is -3.59. The fourth-order valence-electron chi connectivity index (χ4n) is 1.00. The van der Waals surface area contributed by atoms with Gasteiger partial charge in [-0.2, -0.15) is 8.42 Å². The fourth-order valence-corrected chi connectivity index (χ4v) is 1.59. The monoisotopic (exact) mass is 206 g/mol. The van der Waals surface area contributed by atoms with Gasteiger partial charge in [-0.25, -0.2) is 4.79 Å².